The predicted molar refractivity (Wildman–Crippen MR) is 111 cm³/mol. The Balaban J connectivity index is 1.85. The Morgan fingerprint density at radius 2 is 1.89 bits per heavy atom. The molecule has 1 atom stereocenters. The van der Waals surface area contributed by atoms with E-state index in [0.717, 1.165) is 22.2 Å². The fourth-order valence-electron chi connectivity index (χ4n) is 2.70. The second-order valence-corrected chi connectivity index (χ2v) is 7.53. The lowest BCUT2D eigenvalue weighted by atomic mass is 10.1. The van der Waals surface area contributed by atoms with Crippen LogP contribution in [0.4, 0.5) is 0 Å². The largest absolute Gasteiger partial charge is 0.547 e. The molecule has 1 saturated heterocycles. The number of nitrogens with zero attached hydrogens (tertiary/aromatic N) is 1. The molecular formula is C21H16NO4S2-. The molecule has 0 radical (unpaired) electrons. The number of thioether (sulfide) groups is 1. The topological polar surface area (TPSA) is 69.7 Å². The van der Waals surface area contributed by atoms with E-state index < -0.39 is 17.9 Å². The van der Waals surface area contributed by atoms with Crippen LogP contribution in [-0.4, -0.2) is 27.7 Å². The Bertz CT molecular complexity index is 939. The standard InChI is InChI=1S/C21H17NO4S2/c1-2-12-26-16-10-8-14(9-11-16)13-17-19(23)22(21(27)28-17)18(20(24)25)15-6-4-3-5-7-15/h2-11,13,18H,1,12H2,(H,24,25)/p-1/b17-13-/t18-/m1/s1. The van der Waals surface area contributed by atoms with Crippen LogP contribution in [0, 0.1) is 0 Å². The summed E-state index contributed by atoms with van der Waals surface area (Å²) in [5.41, 5.74) is 1.21. The minimum Gasteiger partial charge on any atom is -0.547 e. The van der Waals surface area contributed by atoms with Crippen LogP contribution < -0.4 is 9.84 Å². The molecule has 28 heavy (non-hydrogen) atoms. The first-order chi connectivity index (χ1) is 13.5. The van der Waals surface area contributed by atoms with E-state index in [1.165, 1.54) is 0 Å². The summed E-state index contributed by atoms with van der Waals surface area (Å²) in [5, 5.41) is 11.8. The summed E-state index contributed by atoms with van der Waals surface area (Å²) in [4.78, 5) is 26.1. The van der Waals surface area contributed by atoms with Crippen LogP contribution >= 0.6 is 24.0 Å². The molecule has 7 heteroatoms. The number of hydrogen-bond donors (Lipinski definition) is 0. The second-order valence-electron chi connectivity index (χ2n) is 5.85. The van der Waals surface area contributed by atoms with Crippen molar-refractivity contribution in [1.29, 1.82) is 0 Å². The highest BCUT2D eigenvalue weighted by molar-refractivity contribution is 8.26. The van der Waals surface area contributed by atoms with Crippen molar-refractivity contribution in [3.05, 3.63) is 83.3 Å². The van der Waals surface area contributed by atoms with Crippen molar-refractivity contribution in [3.8, 4) is 5.75 Å². The van der Waals surface area contributed by atoms with E-state index in [2.05, 4.69) is 6.58 Å². The average Bonchev–Trinajstić information content (AvgIpc) is 2.96. The Labute approximate surface area is 172 Å². The molecule has 0 N–H and O–H groups in total. The Hall–Kier alpha value is -2.90. The zero-order valence-corrected chi connectivity index (χ0v) is 16.4. The van der Waals surface area contributed by atoms with Crippen LogP contribution in [0.5, 0.6) is 5.75 Å². The molecule has 0 aliphatic carbocycles. The maximum Gasteiger partial charge on any atom is 0.267 e. The van der Waals surface area contributed by atoms with Crippen molar-refractivity contribution in [1.82, 2.24) is 4.90 Å². The first-order valence-electron chi connectivity index (χ1n) is 8.38. The zero-order chi connectivity index (χ0) is 20.1. The second kappa shape index (κ2) is 8.86. The molecule has 5 nitrogen and oxygen atoms in total. The smallest absolute Gasteiger partial charge is 0.267 e. The molecule has 0 aromatic heterocycles. The molecule has 0 saturated carbocycles. The monoisotopic (exact) mass is 410 g/mol. The van der Waals surface area contributed by atoms with Gasteiger partial charge in [0.15, 0.2) is 0 Å². The van der Waals surface area contributed by atoms with Gasteiger partial charge in [0, 0.05) is 0 Å². The van der Waals surface area contributed by atoms with Gasteiger partial charge in [-0.2, -0.15) is 0 Å². The summed E-state index contributed by atoms with van der Waals surface area (Å²) in [7, 11) is 0. The number of benzene rings is 2. The van der Waals surface area contributed by atoms with Gasteiger partial charge in [0.05, 0.1) is 10.9 Å². The Morgan fingerprint density at radius 3 is 2.50 bits per heavy atom. The lowest BCUT2D eigenvalue weighted by molar-refractivity contribution is -0.310. The van der Waals surface area contributed by atoms with Gasteiger partial charge in [-0.25, -0.2) is 0 Å². The van der Waals surface area contributed by atoms with Gasteiger partial charge in [-0.1, -0.05) is 79.1 Å². The number of carbonyl (C=O) groups excluding carboxylic acids is 2. The van der Waals surface area contributed by atoms with E-state index in [9.17, 15) is 14.7 Å². The summed E-state index contributed by atoms with van der Waals surface area (Å²) >= 11 is 6.35. The van der Waals surface area contributed by atoms with Gasteiger partial charge in [-0.3, -0.25) is 9.69 Å². The predicted octanol–water partition coefficient (Wildman–Crippen LogP) is 2.94. The van der Waals surface area contributed by atoms with Crippen LogP contribution in [0.1, 0.15) is 17.2 Å². The van der Waals surface area contributed by atoms with E-state index >= 15 is 0 Å². The van der Waals surface area contributed by atoms with Gasteiger partial charge in [0.25, 0.3) is 5.91 Å². The highest BCUT2D eigenvalue weighted by atomic mass is 32.2. The van der Waals surface area contributed by atoms with E-state index in [4.69, 9.17) is 17.0 Å². The van der Waals surface area contributed by atoms with Gasteiger partial charge in [0.2, 0.25) is 0 Å². The maximum absolute atomic E-state index is 12.9. The number of aliphatic carboxylic acids is 1. The van der Waals surface area contributed by atoms with Crippen molar-refractivity contribution in [2.24, 2.45) is 0 Å². The normalized spacial score (nSPS) is 16.3. The van der Waals surface area contributed by atoms with Crippen LogP contribution in [0.2, 0.25) is 0 Å². The van der Waals surface area contributed by atoms with Crippen LogP contribution in [0.15, 0.2) is 72.2 Å². The van der Waals surface area contributed by atoms with Crippen molar-refractivity contribution in [2.75, 3.05) is 6.61 Å². The molecule has 3 rings (SSSR count). The molecule has 0 unspecified atom stereocenters. The van der Waals surface area contributed by atoms with Gasteiger partial charge in [-0.15, -0.1) is 0 Å². The molecule has 1 fully saturated rings. The highest BCUT2D eigenvalue weighted by Gasteiger charge is 2.38. The van der Waals surface area contributed by atoms with Crippen molar-refractivity contribution in [2.45, 2.75) is 6.04 Å². The molecule has 142 valence electrons. The fraction of sp³-hybridized carbons (Fsp3) is 0.0952. The average molecular weight is 410 g/mol. The van der Waals surface area contributed by atoms with Crippen molar-refractivity contribution >= 4 is 46.3 Å². The van der Waals surface area contributed by atoms with Gasteiger partial charge < -0.3 is 14.6 Å². The number of thiocarbonyl (C=S) groups is 1. The Kier molecular flexibility index (Phi) is 6.28. The first kappa shape index (κ1) is 19.9. The van der Waals surface area contributed by atoms with E-state index in [1.54, 1.807) is 66.7 Å². The maximum atomic E-state index is 12.9. The van der Waals surface area contributed by atoms with Crippen molar-refractivity contribution in [3.63, 3.8) is 0 Å². The van der Waals surface area contributed by atoms with Crippen molar-refractivity contribution < 1.29 is 19.4 Å². The quantitative estimate of drug-likeness (QED) is 0.397. The molecular weight excluding hydrogens is 394 g/mol. The Morgan fingerprint density at radius 1 is 1.21 bits per heavy atom. The summed E-state index contributed by atoms with van der Waals surface area (Å²) in [6, 6.07) is 14.3. The van der Waals surface area contributed by atoms with Crippen LogP contribution in [0.25, 0.3) is 6.08 Å². The summed E-state index contributed by atoms with van der Waals surface area (Å²) in [5.74, 6) is -1.15. The summed E-state index contributed by atoms with van der Waals surface area (Å²) in [6.07, 6.45) is 3.33. The SMILES string of the molecule is C=CCOc1ccc(/C=C2\SC(=S)N([C@@H](C(=O)[O-])c3ccccc3)C2=O)cc1. The molecule has 0 bridgehead atoms. The highest BCUT2D eigenvalue weighted by Crippen LogP contribution is 2.38. The van der Waals surface area contributed by atoms with E-state index in [1.807, 2.05) is 0 Å². The summed E-state index contributed by atoms with van der Waals surface area (Å²) < 4.78 is 5.61. The number of carbonyl (C=O) groups is 2. The van der Waals surface area contributed by atoms with E-state index in [-0.39, 0.29) is 4.32 Å². The van der Waals surface area contributed by atoms with Crippen LogP contribution in [0.3, 0.4) is 0 Å². The molecule has 1 aliphatic rings. The third-order valence-corrected chi connectivity index (χ3v) is 5.30. The number of rotatable bonds is 7. The molecule has 1 amide bonds. The van der Waals surface area contributed by atoms with Gasteiger partial charge in [-0.05, 0) is 29.3 Å². The molecule has 2 aromatic rings. The zero-order valence-electron chi connectivity index (χ0n) is 14.7. The molecule has 2 aromatic carbocycles. The van der Waals surface area contributed by atoms with Gasteiger partial charge in [0.1, 0.15) is 22.7 Å². The van der Waals surface area contributed by atoms with E-state index in [0.29, 0.717) is 22.8 Å². The summed E-state index contributed by atoms with van der Waals surface area (Å²) in [6.45, 7) is 4.00. The number of carboxylic acid groups (broad SMARTS) is 1. The number of ether oxygens (including phenoxy) is 1. The molecule has 0 spiro atoms. The number of amides is 1. The number of carboxylic acids is 1. The first-order valence-corrected chi connectivity index (χ1v) is 9.60. The lowest BCUT2D eigenvalue weighted by Crippen LogP contribution is -2.43. The van der Waals surface area contributed by atoms with Gasteiger partial charge >= 0.3 is 0 Å². The number of hydrogen-bond acceptors (Lipinski definition) is 6. The molecule has 1 heterocycles. The lowest BCUT2D eigenvalue weighted by Gasteiger charge is -2.27. The minimum absolute atomic E-state index is 0.181. The third-order valence-electron chi connectivity index (χ3n) is 3.97. The third kappa shape index (κ3) is 4.32. The minimum atomic E-state index is -1.38. The fourth-order valence-corrected chi connectivity index (χ4v) is 4.01. The van der Waals surface area contributed by atoms with Crippen LogP contribution in [-0.2, 0) is 9.59 Å². The molecule has 1 aliphatic heterocycles.